The van der Waals surface area contributed by atoms with Gasteiger partial charge in [0.05, 0.1) is 12.0 Å². The minimum absolute atomic E-state index is 0.0694. The fourth-order valence-corrected chi connectivity index (χ4v) is 3.60. The fourth-order valence-electron chi connectivity index (χ4n) is 2.53. The van der Waals surface area contributed by atoms with E-state index in [1.165, 1.54) is 0 Å². The maximum Gasteiger partial charge on any atom is 0.421 e. The van der Waals surface area contributed by atoms with Crippen LogP contribution in [0, 0.1) is 5.41 Å². The molecule has 0 aromatic carbocycles. The average Bonchev–Trinajstić information content (AvgIpc) is 2.39. The van der Waals surface area contributed by atoms with E-state index in [9.17, 15) is 23.1 Å². The van der Waals surface area contributed by atoms with E-state index in [0.717, 1.165) is 10.7 Å². The first-order chi connectivity index (χ1) is 9.77. The Morgan fingerprint density at radius 2 is 1.86 bits per heavy atom. The van der Waals surface area contributed by atoms with Gasteiger partial charge in [-0.15, -0.1) is 0 Å². The van der Waals surface area contributed by atoms with Gasteiger partial charge in [-0.25, -0.2) is 9.52 Å². The fraction of sp³-hybridized carbons (Fsp3) is 0.833. The van der Waals surface area contributed by atoms with Gasteiger partial charge in [0.15, 0.2) is 0 Å². The lowest BCUT2D eigenvalue weighted by molar-refractivity contribution is -0.152. The van der Waals surface area contributed by atoms with E-state index in [4.69, 9.17) is 0 Å². The van der Waals surface area contributed by atoms with Gasteiger partial charge < -0.3 is 9.84 Å². The summed E-state index contributed by atoms with van der Waals surface area (Å²) in [5.41, 5.74) is -0.870. The number of rotatable bonds is 6. The van der Waals surface area contributed by atoms with Crippen LogP contribution in [0.5, 0.6) is 0 Å². The zero-order valence-corrected chi connectivity index (χ0v) is 13.1. The van der Waals surface area contributed by atoms with Gasteiger partial charge in [0, 0.05) is 13.1 Å². The van der Waals surface area contributed by atoms with E-state index in [0.29, 0.717) is 6.42 Å². The van der Waals surface area contributed by atoms with Crippen LogP contribution in [0.15, 0.2) is 0 Å². The molecule has 21 heavy (non-hydrogen) atoms. The Balaban J connectivity index is 2.70. The first kappa shape index (κ1) is 17.7. The number of nitrogens with zero attached hydrogens (tertiary/aromatic N) is 1. The second-order valence-corrected chi connectivity index (χ2v) is 6.73. The maximum absolute atomic E-state index is 12.0. The number of carboxylic acids is 1. The van der Waals surface area contributed by atoms with E-state index in [1.807, 2.05) is 6.92 Å². The van der Waals surface area contributed by atoms with Crippen LogP contribution in [-0.2, 0) is 19.7 Å². The number of piperidine rings is 1. The quantitative estimate of drug-likeness (QED) is 0.752. The Labute approximate surface area is 124 Å². The van der Waals surface area contributed by atoms with Gasteiger partial charge in [-0.2, -0.15) is 12.7 Å². The summed E-state index contributed by atoms with van der Waals surface area (Å²) >= 11 is 0. The Morgan fingerprint density at radius 3 is 2.29 bits per heavy atom. The van der Waals surface area contributed by atoms with Crippen LogP contribution in [0.25, 0.3) is 0 Å². The third-order valence-corrected chi connectivity index (χ3v) is 5.16. The maximum atomic E-state index is 12.0. The standard InChI is InChI=1S/C12H22N2O6S/c1-3-5-12(10(15)16)6-8-14(9-7-12)21(18,19)13-11(17)20-4-2/h3-9H2,1-2H3,(H,13,17)(H,15,16). The van der Waals surface area contributed by atoms with Crippen molar-refractivity contribution >= 4 is 22.3 Å². The molecule has 0 atom stereocenters. The summed E-state index contributed by atoms with van der Waals surface area (Å²) in [7, 11) is -3.98. The molecule has 1 aliphatic heterocycles. The highest BCUT2D eigenvalue weighted by Crippen LogP contribution is 2.37. The molecule has 0 aliphatic carbocycles. The molecule has 1 fully saturated rings. The SMILES string of the molecule is CCCC1(C(=O)O)CCN(S(=O)(=O)NC(=O)OCC)CC1. The van der Waals surface area contributed by atoms with Crippen LogP contribution >= 0.6 is 0 Å². The predicted molar refractivity (Wildman–Crippen MR) is 74.9 cm³/mol. The highest BCUT2D eigenvalue weighted by molar-refractivity contribution is 7.87. The first-order valence-corrected chi connectivity index (χ1v) is 8.39. The molecule has 1 aliphatic rings. The van der Waals surface area contributed by atoms with Crippen LogP contribution in [0.3, 0.4) is 0 Å². The summed E-state index contributed by atoms with van der Waals surface area (Å²) in [5, 5.41) is 9.37. The van der Waals surface area contributed by atoms with Gasteiger partial charge in [-0.1, -0.05) is 13.3 Å². The van der Waals surface area contributed by atoms with Crippen molar-refractivity contribution in [2.45, 2.75) is 39.5 Å². The summed E-state index contributed by atoms with van der Waals surface area (Å²) in [6.07, 6.45) is 0.683. The number of hydrogen-bond donors (Lipinski definition) is 2. The Morgan fingerprint density at radius 1 is 1.29 bits per heavy atom. The van der Waals surface area contributed by atoms with Gasteiger partial charge in [-0.3, -0.25) is 4.79 Å². The van der Waals surface area contributed by atoms with E-state index >= 15 is 0 Å². The second-order valence-electron chi connectivity index (χ2n) is 5.06. The molecule has 2 N–H and O–H groups in total. The first-order valence-electron chi connectivity index (χ1n) is 6.95. The molecular weight excluding hydrogens is 300 g/mol. The van der Waals surface area contributed by atoms with Crippen molar-refractivity contribution in [1.82, 2.24) is 9.03 Å². The number of nitrogens with one attached hydrogen (secondary N) is 1. The van der Waals surface area contributed by atoms with E-state index < -0.39 is 27.7 Å². The van der Waals surface area contributed by atoms with Gasteiger partial charge in [0.2, 0.25) is 0 Å². The van der Waals surface area contributed by atoms with E-state index in [1.54, 1.807) is 11.6 Å². The third-order valence-electron chi connectivity index (χ3n) is 3.69. The molecule has 1 rings (SSSR count). The average molecular weight is 322 g/mol. The zero-order valence-electron chi connectivity index (χ0n) is 12.3. The van der Waals surface area contributed by atoms with Crippen LogP contribution in [0.1, 0.15) is 39.5 Å². The summed E-state index contributed by atoms with van der Waals surface area (Å²) in [5.74, 6) is -0.889. The van der Waals surface area contributed by atoms with Crippen LogP contribution in [0.2, 0.25) is 0 Å². The molecule has 0 spiro atoms. The molecular formula is C12H22N2O6S. The van der Waals surface area contributed by atoms with E-state index in [2.05, 4.69) is 4.74 Å². The smallest absolute Gasteiger partial charge is 0.421 e. The molecule has 9 heteroatoms. The largest absolute Gasteiger partial charge is 0.481 e. The monoisotopic (exact) mass is 322 g/mol. The Hall–Kier alpha value is -1.35. The highest BCUT2D eigenvalue weighted by Gasteiger charge is 2.43. The van der Waals surface area contributed by atoms with Crippen molar-refractivity contribution in [1.29, 1.82) is 0 Å². The lowest BCUT2D eigenvalue weighted by atomic mass is 9.75. The van der Waals surface area contributed by atoms with Crippen molar-refractivity contribution in [3.05, 3.63) is 0 Å². The number of carbonyl (C=O) groups is 2. The van der Waals surface area contributed by atoms with Crippen molar-refractivity contribution in [3.8, 4) is 0 Å². The molecule has 0 saturated carbocycles. The summed E-state index contributed by atoms with van der Waals surface area (Å²) < 4.78 is 31.4. The predicted octanol–water partition coefficient (Wildman–Crippen LogP) is 0.944. The summed E-state index contributed by atoms with van der Waals surface area (Å²) in [6, 6.07) is 0. The molecule has 0 unspecified atom stereocenters. The van der Waals surface area contributed by atoms with E-state index in [-0.39, 0.29) is 32.5 Å². The number of ether oxygens (including phenoxy) is 1. The van der Waals surface area contributed by atoms with Crippen LogP contribution in [0.4, 0.5) is 4.79 Å². The summed E-state index contributed by atoms with van der Waals surface area (Å²) in [4.78, 5) is 22.6. The number of carboxylic acid groups (broad SMARTS) is 1. The zero-order chi connectivity index (χ0) is 16.1. The number of carbonyl (C=O) groups excluding carboxylic acids is 1. The molecule has 1 saturated heterocycles. The van der Waals surface area contributed by atoms with Crippen molar-refractivity contribution in [2.24, 2.45) is 5.41 Å². The van der Waals surface area contributed by atoms with Crippen LogP contribution < -0.4 is 4.72 Å². The molecule has 1 amide bonds. The van der Waals surface area contributed by atoms with Gasteiger partial charge in [0.25, 0.3) is 0 Å². The van der Waals surface area contributed by atoms with Crippen molar-refractivity contribution in [3.63, 3.8) is 0 Å². The molecule has 0 aromatic rings. The number of aliphatic carboxylic acids is 1. The van der Waals surface area contributed by atoms with Crippen molar-refractivity contribution in [2.75, 3.05) is 19.7 Å². The highest BCUT2D eigenvalue weighted by atomic mass is 32.2. The van der Waals surface area contributed by atoms with Gasteiger partial charge in [-0.05, 0) is 26.2 Å². The molecule has 0 bridgehead atoms. The Kier molecular flexibility index (Phi) is 5.97. The topological polar surface area (TPSA) is 113 Å². The van der Waals surface area contributed by atoms with Gasteiger partial charge >= 0.3 is 22.3 Å². The minimum atomic E-state index is -3.98. The lowest BCUT2D eigenvalue weighted by Crippen LogP contribution is -2.51. The normalized spacial score (nSPS) is 19.0. The Bertz CT molecular complexity index is 482. The number of hydrogen-bond acceptors (Lipinski definition) is 5. The lowest BCUT2D eigenvalue weighted by Gasteiger charge is -2.37. The molecule has 122 valence electrons. The number of amides is 1. The minimum Gasteiger partial charge on any atom is -0.481 e. The molecule has 0 radical (unpaired) electrons. The van der Waals surface area contributed by atoms with Crippen LogP contribution in [-0.4, -0.2) is 49.6 Å². The van der Waals surface area contributed by atoms with Gasteiger partial charge in [0.1, 0.15) is 0 Å². The van der Waals surface area contributed by atoms with Crippen molar-refractivity contribution < 1.29 is 27.9 Å². The molecule has 0 aromatic heterocycles. The molecule has 8 nitrogen and oxygen atoms in total. The third kappa shape index (κ3) is 4.31. The molecule has 1 heterocycles. The second kappa shape index (κ2) is 7.08. The summed E-state index contributed by atoms with van der Waals surface area (Å²) in [6.45, 7) is 3.68.